The molecule has 6 nitrogen and oxygen atoms in total. The van der Waals surface area contributed by atoms with Crippen LogP contribution in [0, 0.1) is 0 Å². The highest BCUT2D eigenvalue weighted by Crippen LogP contribution is 2.40. The minimum absolute atomic E-state index is 0.613. The molecule has 6 heteroatoms. The molecule has 14 aromatic rings. The van der Waals surface area contributed by atoms with E-state index in [1.807, 2.05) is 42.5 Å². The van der Waals surface area contributed by atoms with Crippen molar-refractivity contribution in [3.63, 3.8) is 0 Å². The standard InChI is InChI=1S/C61H37N5O/c1-3-13-38(14-4-1)59-62-60(64-61(63-59)43-25-31-46-42(35-43)28-34-57-58(46)49-19-9-12-22-56(49)67-57)39-23-29-45(30-24-39)66-53-21-11-8-18-48(53)51-37-41(27-33-55(51)66)40-26-32-54-50(36-40)47-17-7-10-20-52(47)65(54)44-15-5-2-6-16-44/h1-37H. The molecule has 0 aliphatic carbocycles. The molecule has 14 rings (SSSR count). The van der Waals surface area contributed by atoms with E-state index in [-0.39, 0.29) is 0 Å². The van der Waals surface area contributed by atoms with Crippen LogP contribution in [0.4, 0.5) is 0 Å². The molecule has 0 amide bonds. The topological polar surface area (TPSA) is 61.7 Å². The summed E-state index contributed by atoms with van der Waals surface area (Å²) < 4.78 is 10.9. The predicted octanol–water partition coefficient (Wildman–Crippen LogP) is 15.8. The molecule has 0 aliphatic heterocycles. The van der Waals surface area contributed by atoms with E-state index in [9.17, 15) is 0 Å². The molecule has 67 heavy (non-hydrogen) atoms. The monoisotopic (exact) mass is 855 g/mol. The van der Waals surface area contributed by atoms with Crippen molar-refractivity contribution in [3.8, 4) is 56.7 Å². The Morgan fingerprint density at radius 3 is 1.40 bits per heavy atom. The van der Waals surface area contributed by atoms with Crippen LogP contribution in [0.1, 0.15) is 0 Å². The highest BCUT2D eigenvalue weighted by atomic mass is 16.3. The first-order valence-corrected chi connectivity index (χ1v) is 22.6. The zero-order valence-electron chi connectivity index (χ0n) is 36.0. The van der Waals surface area contributed by atoms with E-state index in [1.54, 1.807) is 0 Å². The molecule has 0 aliphatic rings. The molecule has 10 aromatic carbocycles. The largest absolute Gasteiger partial charge is 0.456 e. The van der Waals surface area contributed by atoms with Gasteiger partial charge in [-0.2, -0.15) is 0 Å². The van der Waals surface area contributed by atoms with Gasteiger partial charge in [-0.05, 0) is 113 Å². The minimum atomic E-state index is 0.613. The number of fused-ring (bicyclic) bond motifs is 11. The van der Waals surface area contributed by atoms with Gasteiger partial charge in [-0.15, -0.1) is 0 Å². The normalized spacial score (nSPS) is 11.9. The number of benzene rings is 10. The number of nitrogens with zero attached hydrogens (tertiary/aromatic N) is 5. The van der Waals surface area contributed by atoms with Crippen molar-refractivity contribution < 1.29 is 4.42 Å². The van der Waals surface area contributed by atoms with Crippen molar-refractivity contribution in [1.29, 1.82) is 0 Å². The molecule has 312 valence electrons. The van der Waals surface area contributed by atoms with Crippen molar-refractivity contribution in [2.75, 3.05) is 0 Å². The van der Waals surface area contributed by atoms with Crippen molar-refractivity contribution in [3.05, 3.63) is 224 Å². The summed E-state index contributed by atoms with van der Waals surface area (Å²) in [5.74, 6) is 1.86. The van der Waals surface area contributed by atoms with Gasteiger partial charge in [0.15, 0.2) is 17.5 Å². The first-order chi connectivity index (χ1) is 33.2. The van der Waals surface area contributed by atoms with Gasteiger partial charge >= 0.3 is 0 Å². The number of furan rings is 1. The number of hydrogen-bond acceptors (Lipinski definition) is 4. The maximum Gasteiger partial charge on any atom is 0.164 e. The Kier molecular flexibility index (Phi) is 8.18. The smallest absolute Gasteiger partial charge is 0.164 e. The number of rotatable bonds is 6. The summed E-state index contributed by atoms with van der Waals surface area (Å²) in [4.78, 5) is 15.3. The van der Waals surface area contributed by atoms with Crippen molar-refractivity contribution in [2.45, 2.75) is 0 Å². The average molecular weight is 856 g/mol. The Hall–Kier alpha value is -9.13. The first-order valence-electron chi connectivity index (χ1n) is 22.6. The Morgan fingerprint density at radius 2 is 0.761 bits per heavy atom. The third kappa shape index (κ3) is 5.93. The van der Waals surface area contributed by atoms with E-state index in [1.165, 1.54) is 43.7 Å². The van der Waals surface area contributed by atoms with Gasteiger partial charge in [-0.1, -0.05) is 133 Å². The van der Waals surface area contributed by atoms with Crippen LogP contribution in [0.15, 0.2) is 229 Å². The van der Waals surface area contributed by atoms with Gasteiger partial charge in [0, 0.05) is 60.4 Å². The quantitative estimate of drug-likeness (QED) is 0.167. The van der Waals surface area contributed by atoms with Gasteiger partial charge < -0.3 is 13.6 Å². The Morgan fingerprint density at radius 1 is 0.284 bits per heavy atom. The maximum absolute atomic E-state index is 6.20. The molecule has 0 atom stereocenters. The summed E-state index contributed by atoms with van der Waals surface area (Å²) in [5, 5.41) is 9.34. The molecule has 0 spiro atoms. The Bertz CT molecular complexity index is 4260. The minimum Gasteiger partial charge on any atom is -0.456 e. The van der Waals surface area contributed by atoms with Crippen molar-refractivity contribution in [2.24, 2.45) is 0 Å². The third-order valence-corrected chi connectivity index (χ3v) is 13.4. The molecule has 0 bridgehead atoms. The molecule has 0 saturated heterocycles. The lowest BCUT2D eigenvalue weighted by Gasteiger charge is -2.11. The molecule has 4 aromatic heterocycles. The van der Waals surface area contributed by atoms with E-state index in [0.29, 0.717) is 17.5 Å². The highest BCUT2D eigenvalue weighted by Gasteiger charge is 2.18. The van der Waals surface area contributed by atoms with Crippen LogP contribution in [-0.2, 0) is 0 Å². The molecule has 0 saturated carbocycles. The predicted molar refractivity (Wildman–Crippen MR) is 275 cm³/mol. The Balaban J connectivity index is 0.856. The van der Waals surface area contributed by atoms with E-state index in [2.05, 4.69) is 191 Å². The lowest BCUT2D eigenvalue weighted by Crippen LogP contribution is -2.00. The summed E-state index contributed by atoms with van der Waals surface area (Å²) in [6.45, 7) is 0. The van der Waals surface area contributed by atoms with Gasteiger partial charge in [0.2, 0.25) is 0 Å². The molecule has 0 fully saturated rings. The second kappa shape index (κ2) is 14.7. The highest BCUT2D eigenvalue weighted by molar-refractivity contribution is 6.19. The summed E-state index contributed by atoms with van der Waals surface area (Å²) in [6, 6.07) is 79.3. The summed E-state index contributed by atoms with van der Waals surface area (Å²) in [5.41, 5.74) is 13.8. The fourth-order valence-electron chi connectivity index (χ4n) is 10.2. The summed E-state index contributed by atoms with van der Waals surface area (Å²) in [6.07, 6.45) is 0. The van der Waals surface area contributed by atoms with E-state index < -0.39 is 0 Å². The van der Waals surface area contributed by atoms with Crippen LogP contribution in [0.5, 0.6) is 0 Å². The molecule has 4 heterocycles. The zero-order valence-corrected chi connectivity index (χ0v) is 36.0. The van der Waals surface area contributed by atoms with Crippen LogP contribution in [-0.4, -0.2) is 24.1 Å². The zero-order chi connectivity index (χ0) is 44.0. The summed E-state index contributed by atoms with van der Waals surface area (Å²) >= 11 is 0. The van der Waals surface area contributed by atoms with Crippen LogP contribution < -0.4 is 0 Å². The average Bonchev–Trinajstić information content (AvgIpc) is 4.06. The fourth-order valence-corrected chi connectivity index (χ4v) is 10.2. The lowest BCUT2D eigenvalue weighted by atomic mass is 10.0. The second-order valence-corrected chi connectivity index (χ2v) is 17.2. The number of hydrogen-bond donors (Lipinski definition) is 0. The number of para-hydroxylation sites is 4. The summed E-state index contributed by atoms with van der Waals surface area (Å²) in [7, 11) is 0. The van der Waals surface area contributed by atoms with Crippen LogP contribution >= 0.6 is 0 Å². The van der Waals surface area contributed by atoms with Gasteiger partial charge in [-0.25, -0.2) is 15.0 Å². The van der Waals surface area contributed by atoms with Crippen LogP contribution in [0.2, 0.25) is 0 Å². The van der Waals surface area contributed by atoms with Gasteiger partial charge in [0.05, 0.1) is 22.1 Å². The molecule has 0 unspecified atom stereocenters. The third-order valence-electron chi connectivity index (χ3n) is 13.4. The molecule has 0 N–H and O–H groups in total. The van der Waals surface area contributed by atoms with E-state index in [0.717, 1.165) is 71.8 Å². The lowest BCUT2D eigenvalue weighted by molar-refractivity contribution is 0.669. The van der Waals surface area contributed by atoms with Gasteiger partial charge in [0.25, 0.3) is 0 Å². The molecule has 0 radical (unpaired) electrons. The van der Waals surface area contributed by atoms with Crippen molar-refractivity contribution in [1.82, 2.24) is 24.1 Å². The van der Waals surface area contributed by atoms with E-state index in [4.69, 9.17) is 19.4 Å². The molecular weight excluding hydrogens is 819 g/mol. The maximum atomic E-state index is 6.20. The van der Waals surface area contributed by atoms with Gasteiger partial charge in [0.1, 0.15) is 11.2 Å². The van der Waals surface area contributed by atoms with Crippen LogP contribution in [0.25, 0.3) is 133 Å². The van der Waals surface area contributed by atoms with Gasteiger partial charge in [-0.3, -0.25) is 0 Å². The molecular formula is C61H37N5O. The van der Waals surface area contributed by atoms with E-state index >= 15 is 0 Å². The SMILES string of the molecule is c1ccc(-c2nc(-c3ccc(-n4c5ccccc5c5cc(-c6ccc7c(c6)c6ccccc6n7-c6ccccc6)ccc54)cc3)nc(-c3ccc4c(ccc5oc6ccccc6c54)c3)n2)cc1. The fraction of sp³-hybridized carbons (Fsp3) is 0. The first kappa shape index (κ1) is 37.3. The number of aromatic nitrogens is 5. The van der Waals surface area contributed by atoms with Crippen LogP contribution in [0.3, 0.4) is 0 Å². The van der Waals surface area contributed by atoms with Crippen molar-refractivity contribution >= 4 is 76.3 Å². The Labute approximate surface area is 384 Å². The second-order valence-electron chi connectivity index (χ2n) is 17.2.